The second kappa shape index (κ2) is 12.3. The minimum absolute atomic E-state index is 0.629. The molecule has 0 amide bonds. The first-order valence-electron chi connectivity index (χ1n) is 16.8. The number of allylic oxidation sites excluding steroid dienone is 4. The Labute approximate surface area is 291 Å². The van der Waals surface area contributed by atoms with E-state index in [9.17, 15) is 0 Å². The highest BCUT2D eigenvalue weighted by Gasteiger charge is 2.49. The summed E-state index contributed by atoms with van der Waals surface area (Å²) in [7, 11) is 0. The maximum atomic E-state index is 4.69. The lowest BCUT2D eigenvalue weighted by molar-refractivity contribution is 1.06. The highest BCUT2D eigenvalue weighted by atomic mass is 79.9. The van der Waals surface area contributed by atoms with Crippen molar-refractivity contribution < 1.29 is 0 Å². The van der Waals surface area contributed by atoms with Gasteiger partial charge in [-0.15, -0.1) is 0 Å². The van der Waals surface area contributed by atoms with Crippen LogP contribution in [0, 0.1) is 76.2 Å². The molecule has 1 aliphatic rings. The quantitative estimate of drug-likeness (QED) is 0.162. The molecule has 0 saturated heterocycles. The van der Waals surface area contributed by atoms with Gasteiger partial charge in [0.2, 0.25) is 0 Å². The number of alkyl halides is 1. The topological polar surface area (TPSA) is 0 Å². The molecule has 0 spiro atoms. The number of hydrogen-bond donors (Lipinski definition) is 0. The van der Waals surface area contributed by atoms with Crippen molar-refractivity contribution in [2.45, 2.75) is 80.5 Å². The van der Waals surface area contributed by atoms with E-state index in [0.29, 0.717) is 0 Å². The highest BCUT2D eigenvalue weighted by Crippen LogP contribution is 2.66. The summed E-state index contributed by atoms with van der Waals surface area (Å²) in [5.41, 5.74) is 25.7. The average Bonchev–Trinajstić information content (AvgIpc) is 3.20. The van der Waals surface area contributed by atoms with Crippen molar-refractivity contribution >= 4 is 38.2 Å². The van der Waals surface area contributed by atoms with Gasteiger partial charge in [-0.2, -0.15) is 0 Å². The van der Waals surface area contributed by atoms with Crippen LogP contribution in [0.25, 0.3) is 22.3 Å². The summed E-state index contributed by atoms with van der Waals surface area (Å²) in [6.07, 6.45) is 0. The Kier molecular flexibility index (Phi) is 8.60. The third kappa shape index (κ3) is 6.00. The molecule has 5 aromatic carbocycles. The van der Waals surface area contributed by atoms with Crippen molar-refractivity contribution in [1.82, 2.24) is 0 Å². The van der Waals surface area contributed by atoms with Crippen LogP contribution < -0.4 is 0 Å². The Bertz CT molecular complexity index is 2050. The summed E-state index contributed by atoms with van der Waals surface area (Å²) >= 11 is 4.69. The van der Waals surface area contributed by atoms with E-state index in [1.807, 2.05) is 0 Å². The predicted molar refractivity (Wildman–Crippen MR) is 209 cm³/mol. The van der Waals surface area contributed by atoms with Gasteiger partial charge in [0.05, 0.1) is 0 Å². The van der Waals surface area contributed by atoms with E-state index in [0.717, 1.165) is 0 Å². The van der Waals surface area contributed by atoms with Gasteiger partial charge in [-0.3, -0.25) is 0 Å². The standard InChI is InChI=1S/C46H47Br/c1-26-12-27(2)19-37(18-26)42-43(41-35(10)16-34(9)17-36(41)11)45(39-22-30(5)14-31(6)23-39)46(47,40-24-32(7)15-33(8)25-40)44(42)38-20-28(3)13-29(4)21-38/h12-25H,1-11H3. The number of benzene rings is 5. The summed E-state index contributed by atoms with van der Waals surface area (Å²) in [6, 6.07) is 33.0. The summed E-state index contributed by atoms with van der Waals surface area (Å²) in [5, 5.41) is 0. The average molecular weight is 680 g/mol. The van der Waals surface area contributed by atoms with Gasteiger partial charge >= 0.3 is 0 Å². The Morgan fingerprint density at radius 1 is 0.340 bits per heavy atom. The fourth-order valence-electron chi connectivity index (χ4n) is 8.34. The largest absolute Gasteiger partial charge is 0.103 e. The van der Waals surface area contributed by atoms with Crippen LogP contribution in [0.3, 0.4) is 0 Å². The van der Waals surface area contributed by atoms with E-state index in [1.54, 1.807) is 0 Å². The molecule has 0 saturated carbocycles. The Morgan fingerprint density at radius 2 is 0.638 bits per heavy atom. The molecule has 238 valence electrons. The minimum Gasteiger partial charge on any atom is -0.0695 e. The van der Waals surface area contributed by atoms with Crippen LogP contribution >= 0.6 is 15.9 Å². The molecular formula is C46H47Br. The molecule has 6 rings (SSSR count). The lowest BCUT2D eigenvalue weighted by Crippen LogP contribution is -2.21. The van der Waals surface area contributed by atoms with Gasteiger partial charge in [-0.25, -0.2) is 0 Å². The summed E-state index contributed by atoms with van der Waals surface area (Å²) in [4.78, 5) is 0. The van der Waals surface area contributed by atoms with E-state index < -0.39 is 4.32 Å². The molecule has 0 radical (unpaired) electrons. The zero-order valence-corrected chi connectivity index (χ0v) is 31.5. The fraction of sp³-hybridized carbons (Fsp3) is 0.261. The maximum absolute atomic E-state index is 4.69. The lowest BCUT2D eigenvalue weighted by Gasteiger charge is -2.33. The molecule has 1 heteroatoms. The second-order valence-corrected chi connectivity index (χ2v) is 15.6. The minimum atomic E-state index is -0.629. The zero-order chi connectivity index (χ0) is 33.9. The monoisotopic (exact) mass is 678 g/mol. The van der Waals surface area contributed by atoms with Gasteiger partial charge in [0.1, 0.15) is 4.32 Å². The summed E-state index contributed by atoms with van der Waals surface area (Å²) in [5.74, 6) is 0. The molecule has 0 fully saturated rings. The number of rotatable bonds is 5. The third-order valence-electron chi connectivity index (χ3n) is 9.52. The third-order valence-corrected chi connectivity index (χ3v) is 10.8. The van der Waals surface area contributed by atoms with E-state index >= 15 is 0 Å². The molecular weight excluding hydrogens is 632 g/mol. The smallest absolute Gasteiger partial charge is 0.0695 e. The molecule has 0 bridgehead atoms. The van der Waals surface area contributed by atoms with Crippen molar-refractivity contribution in [1.29, 1.82) is 0 Å². The highest BCUT2D eigenvalue weighted by molar-refractivity contribution is 9.10. The van der Waals surface area contributed by atoms with Crippen molar-refractivity contribution in [3.05, 3.63) is 174 Å². The number of hydrogen-bond acceptors (Lipinski definition) is 0. The van der Waals surface area contributed by atoms with Crippen LogP contribution in [0.15, 0.2) is 84.9 Å². The van der Waals surface area contributed by atoms with Gasteiger partial charge in [0.25, 0.3) is 0 Å². The van der Waals surface area contributed by atoms with Crippen molar-refractivity contribution in [3.8, 4) is 0 Å². The fourth-order valence-corrected chi connectivity index (χ4v) is 9.42. The van der Waals surface area contributed by atoms with Gasteiger partial charge in [-0.1, -0.05) is 151 Å². The van der Waals surface area contributed by atoms with Gasteiger partial charge in [0, 0.05) is 0 Å². The van der Waals surface area contributed by atoms with Crippen LogP contribution in [-0.2, 0) is 4.32 Å². The summed E-state index contributed by atoms with van der Waals surface area (Å²) < 4.78 is -0.629. The van der Waals surface area contributed by atoms with Gasteiger partial charge in [-0.05, 0) is 137 Å². The van der Waals surface area contributed by atoms with Crippen molar-refractivity contribution in [2.75, 3.05) is 0 Å². The zero-order valence-electron chi connectivity index (χ0n) is 30.0. The molecule has 1 aliphatic carbocycles. The van der Waals surface area contributed by atoms with Gasteiger partial charge in [0.15, 0.2) is 0 Å². The Hall–Kier alpha value is -3.94. The molecule has 1 unspecified atom stereocenters. The van der Waals surface area contributed by atoms with Crippen LogP contribution in [-0.4, -0.2) is 0 Å². The Balaban J connectivity index is 1.95. The van der Waals surface area contributed by atoms with Crippen LogP contribution in [0.5, 0.6) is 0 Å². The van der Waals surface area contributed by atoms with Crippen LogP contribution in [0.1, 0.15) is 89.0 Å². The molecule has 0 aromatic heterocycles. The van der Waals surface area contributed by atoms with Gasteiger partial charge < -0.3 is 0 Å². The Morgan fingerprint density at radius 3 is 1.02 bits per heavy atom. The first-order chi connectivity index (χ1) is 22.1. The second-order valence-electron chi connectivity index (χ2n) is 14.4. The molecule has 0 N–H and O–H groups in total. The molecule has 47 heavy (non-hydrogen) atoms. The number of halogens is 1. The number of aryl methyl sites for hydroxylation is 11. The van der Waals surface area contributed by atoms with Crippen molar-refractivity contribution in [3.63, 3.8) is 0 Å². The van der Waals surface area contributed by atoms with Crippen LogP contribution in [0.4, 0.5) is 0 Å². The SMILES string of the molecule is Cc1cc(C)cc(C2=C(c3cc(C)cc(C)c3)C(Br)(c3cc(C)cc(C)c3)C(c3cc(C)cc(C)c3)=C2c2c(C)cc(C)cc2C)c1. The first-order valence-corrected chi connectivity index (χ1v) is 17.6. The van der Waals surface area contributed by atoms with Crippen LogP contribution in [0.2, 0.25) is 0 Å². The van der Waals surface area contributed by atoms with Crippen molar-refractivity contribution in [2.24, 2.45) is 0 Å². The molecule has 5 aromatic rings. The van der Waals surface area contributed by atoms with E-state index in [2.05, 4.69) is 177 Å². The molecule has 0 nitrogen and oxygen atoms in total. The first kappa shape index (κ1) is 33.0. The maximum Gasteiger partial charge on any atom is 0.103 e. The van der Waals surface area contributed by atoms with E-state index in [4.69, 9.17) is 0 Å². The molecule has 0 aliphatic heterocycles. The summed E-state index contributed by atoms with van der Waals surface area (Å²) in [6.45, 7) is 24.6. The lowest BCUT2D eigenvalue weighted by atomic mass is 9.78. The normalized spacial score (nSPS) is 16.4. The molecule has 0 heterocycles. The molecule has 1 atom stereocenters. The van der Waals surface area contributed by atoms with E-state index in [-0.39, 0.29) is 0 Å². The predicted octanol–water partition coefficient (Wildman–Crippen LogP) is 12.9. The van der Waals surface area contributed by atoms with E-state index in [1.165, 1.54) is 111 Å².